The predicted octanol–water partition coefficient (Wildman–Crippen LogP) is 3.41. The van der Waals surface area contributed by atoms with Crippen molar-refractivity contribution >= 4 is 16.9 Å². The van der Waals surface area contributed by atoms with Crippen LogP contribution in [0.3, 0.4) is 0 Å². The molecule has 2 heterocycles. The van der Waals surface area contributed by atoms with E-state index in [-0.39, 0.29) is 18.1 Å². The third-order valence-corrected chi connectivity index (χ3v) is 3.52. The van der Waals surface area contributed by atoms with E-state index in [1.165, 1.54) is 6.07 Å². The Hall–Kier alpha value is -2.76. The standard InChI is InChI=1S/C17H16FN3O2/c1-2-4-12-9-15(21-20-12)17(22)23-10-11-6-7-14(18)13-5-3-8-19-16(11)13/h3,5-9H,2,4,10H2,1H3,(H,20,21). The maximum atomic E-state index is 13.7. The number of carbonyl (C=O) groups excluding carboxylic acids is 1. The molecule has 23 heavy (non-hydrogen) atoms. The summed E-state index contributed by atoms with van der Waals surface area (Å²) in [5.74, 6) is -0.864. The monoisotopic (exact) mass is 313 g/mol. The first-order chi connectivity index (χ1) is 11.2. The fraction of sp³-hybridized carbons (Fsp3) is 0.235. The van der Waals surface area contributed by atoms with Crippen molar-refractivity contribution in [1.82, 2.24) is 15.2 Å². The zero-order chi connectivity index (χ0) is 16.2. The fourth-order valence-corrected chi connectivity index (χ4v) is 2.39. The first-order valence-corrected chi connectivity index (χ1v) is 7.42. The van der Waals surface area contributed by atoms with Crippen molar-refractivity contribution in [3.63, 3.8) is 0 Å². The van der Waals surface area contributed by atoms with E-state index in [1.54, 1.807) is 30.5 Å². The van der Waals surface area contributed by atoms with Crippen LogP contribution in [0.1, 0.15) is 35.1 Å². The molecule has 0 saturated carbocycles. The molecule has 0 unspecified atom stereocenters. The highest BCUT2D eigenvalue weighted by molar-refractivity contribution is 5.87. The van der Waals surface area contributed by atoms with Gasteiger partial charge in [-0.1, -0.05) is 19.4 Å². The fourth-order valence-electron chi connectivity index (χ4n) is 2.39. The van der Waals surface area contributed by atoms with E-state index in [0.717, 1.165) is 18.5 Å². The molecule has 3 aromatic rings. The molecule has 6 heteroatoms. The summed E-state index contributed by atoms with van der Waals surface area (Å²) in [7, 11) is 0. The van der Waals surface area contributed by atoms with Crippen LogP contribution in [0.2, 0.25) is 0 Å². The number of hydrogen-bond acceptors (Lipinski definition) is 4. The highest BCUT2D eigenvalue weighted by Crippen LogP contribution is 2.20. The van der Waals surface area contributed by atoms with E-state index in [1.807, 2.05) is 6.92 Å². The van der Waals surface area contributed by atoms with Gasteiger partial charge in [-0.2, -0.15) is 5.10 Å². The Morgan fingerprint density at radius 3 is 3.04 bits per heavy atom. The van der Waals surface area contributed by atoms with Crippen LogP contribution in [-0.4, -0.2) is 21.2 Å². The number of aryl methyl sites for hydroxylation is 1. The lowest BCUT2D eigenvalue weighted by atomic mass is 10.1. The Labute approximate surface area is 132 Å². The van der Waals surface area contributed by atoms with Crippen molar-refractivity contribution in [2.45, 2.75) is 26.4 Å². The number of halogens is 1. The van der Waals surface area contributed by atoms with Crippen LogP contribution in [0.15, 0.2) is 36.5 Å². The van der Waals surface area contributed by atoms with E-state index in [4.69, 9.17) is 4.74 Å². The molecule has 0 fully saturated rings. The summed E-state index contributed by atoms with van der Waals surface area (Å²) in [6, 6.07) is 7.92. The zero-order valence-corrected chi connectivity index (χ0v) is 12.7. The topological polar surface area (TPSA) is 67.9 Å². The summed E-state index contributed by atoms with van der Waals surface area (Å²) in [6.45, 7) is 2.06. The second-order valence-electron chi connectivity index (χ2n) is 5.21. The van der Waals surface area contributed by atoms with Crippen LogP contribution in [0, 0.1) is 5.82 Å². The van der Waals surface area contributed by atoms with Crippen LogP contribution in [0.25, 0.3) is 10.9 Å². The van der Waals surface area contributed by atoms with Gasteiger partial charge in [0.05, 0.1) is 5.52 Å². The second kappa shape index (κ2) is 6.56. The number of aromatic nitrogens is 3. The number of benzene rings is 1. The molecule has 0 saturated heterocycles. The Morgan fingerprint density at radius 1 is 1.35 bits per heavy atom. The molecule has 118 valence electrons. The van der Waals surface area contributed by atoms with Crippen molar-refractivity contribution < 1.29 is 13.9 Å². The van der Waals surface area contributed by atoms with Gasteiger partial charge in [0, 0.05) is 22.8 Å². The molecule has 0 radical (unpaired) electrons. The van der Waals surface area contributed by atoms with E-state index < -0.39 is 5.97 Å². The van der Waals surface area contributed by atoms with E-state index in [9.17, 15) is 9.18 Å². The molecule has 0 aliphatic rings. The number of hydrogen-bond donors (Lipinski definition) is 1. The molecule has 3 rings (SSSR count). The number of ether oxygens (including phenoxy) is 1. The number of esters is 1. The molecule has 2 aromatic heterocycles. The van der Waals surface area contributed by atoms with Gasteiger partial charge < -0.3 is 4.74 Å². The summed E-state index contributed by atoms with van der Waals surface area (Å²) >= 11 is 0. The number of nitrogens with zero attached hydrogens (tertiary/aromatic N) is 2. The third-order valence-electron chi connectivity index (χ3n) is 3.52. The molecular weight excluding hydrogens is 297 g/mol. The van der Waals surface area contributed by atoms with Crippen LogP contribution >= 0.6 is 0 Å². The average molecular weight is 313 g/mol. The minimum Gasteiger partial charge on any atom is -0.456 e. The Kier molecular flexibility index (Phi) is 4.32. The van der Waals surface area contributed by atoms with Crippen molar-refractivity contribution in [1.29, 1.82) is 0 Å². The Morgan fingerprint density at radius 2 is 2.22 bits per heavy atom. The first kappa shape index (κ1) is 15.1. The molecule has 5 nitrogen and oxygen atoms in total. The summed E-state index contributed by atoms with van der Waals surface area (Å²) < 4.78 is 19.0. The number of nitrogens with one attached hydrogen (secondary N) is 1. The van der Waals surface area contributed by atoms with Gasteiger partial charge in [0.2, 0.25) is 0 Å². The molecule has 0 aliphatic heterocycles. The average Bonchev–Trinajstić information content (AvgIpc) is 3.03. The molecule has 1 N–H and O–H groups in total. The molecule has 1 aromatic carbocycles. The zero-order valence-electron chi connectivity index (χ0n) is 12.7. The van der Waals surface area contributed by atoms with Crippen molar-refractivity contribution in [2.75, 3.05) is 0 Å². The first-order valence-electron chi connectivity index (χ1n) is 7.42. The van der Waals surface area contributed by atoms with Crippen molar-refractivity contribution in [3.8, 4) is 0 Å². The highest BCUT2D eigenvalue weighted by Gasteiger charge is 2.14. The molecule has 0 atom stereocenters. The maximum Gasteiger partial charge on any atom is 0.359 e. The maximum absolute atomic E-state index is 13.7. The Balaban J connectivity index is 1.75. The van der Waals surface area contributed by atoms with Gasteiger partial charge >= 0.3 is 5.97 Å². The summed E-state index contributed by atoms with van der Waals surface area (Å²) in [6.07, 6.45) is 3.37. The lowest BCUT2D eigenvalue weighted by Gasteiger charge is -2.07. The minimum absolute atomic E-state index is 0.0165. The van der Waals surface area contributed by atoms with E-state index >= 15 is 0 Å². The lowest BCUT2D eigenvalue weighted by molar-refractivity contribution is 0.0467. The number of H-pyrrole nitrogens is 1. The summed E-state index contributed by atoms with van der Waals surface area (Å²) in [5, 5.41) is 7.17. The second-order valence-corrected chi connectivity index (χ2v) is 5.21. The smallest absolute Gasteiger partial charge is 0.359 e. The normalized spacial score (nSPS) is 10.9. The van der Waals surface area contributed by atoms with Gasteiger partial charge in [0.15, 0.2) is 5.69 Å². The molecule has 0 amide bonds. The molecule has 0 aliphatic carbocycles. The summed E-state index contributed by atoms with van der Waals surface area (Å²) in [5.41, 5.74) is 2.29. The van der Waals surface area contributed by atoms with E-state index in [0.29, 0.717) is 16.5 Å². The number of aromatic amines is 1. The van der Waals surface area contributed by atoms with Crippen LogP contribution in [0.4, 0.5) is 4.39 Å². The third kappa shape index (κ3) is 3.21. The van der Waals surface area contributed by atoms with E-state index in [2.05, 4.69) is 15.2 Å². The quantitative estimate of drug-likeness (QED) is 0.733. The number of pyridine rings is 1. The predicted molar refractivity (Wildman–Crippen MR) is 83.4 cm³/mol. The van der Waals surface area contributed by atoms with Gasteiger partial charge in [0.25, 0.3) is 0 Å². The van der Waals surface area contributed by atoms with Gasteiger partial charge in [0.1, 0.15) is 12.4 Å². The Bertz CT molecular complexity index is 845. The highest BCUT2D eigenvalue weighted by atomic mass is 19.1. The van der Waals surface area contributed by atoms with Gasteiger partial charge in [-0.25, -0.2) is 9.18 Å². The molecule has 0 bridgehead atoms. The van der Waals surface area contributed by atoms with Crippen LogP contribution in [0.5, 0.6) is 0 Å². The number of rotatable bonds is 5. The number of fused-ring (bicyclic) bond motifs is 1. The van der Waals surface area contributed by atoms with Gasteiger partial charge in [-0.3, -0.25) is 10.1 Å². The lowest BCUT2D eigenvalue weighted by Crippen LogP contribution is -2.06. The van der Waals surface area contributed by atoms with Crippen molar-refractivity contribution in [3.05, 3.63) is 59.3 Å². The number of carbonyl (C=O) groups is 1. The minimum atomic E-state index is -0.517. The summed E-state index contributed by atoms with van der Waals surface area (Å²) in [4.78, 5) is 16.2. The molecular formula is C17H16FN3O2. The van der Waals surface area contributed by atoms with Gasteiger partial charge in [-0.15, -0.1) is 0 Å². The SMILES string of the molecule is CCCc1cc(C(=O)OCc2ccc(F)c3cccnc23)n[nH]1. The van der Waals surface area contributed by atoms with Gasteiger partial charge in [-0.05, 0) is 30.7 Å². The molecule has 0 spiro atoms. The van der Waals surface area contributed by atoms with Crippen LogP contribution in [-0.2, 0) is 17.8 Å². The van der Waals surface area contributed by atoms with Crippen LogP contribution < -0.4 is 0 Å². The largest absolute Gasteiger partial charge is 0.456 e. The van der Waals surface area contributed by atoms with Crippen molar-refractivity contribution in [2.24, 2.45) is 0 Å².